The van der Waals surface area contributed by atoms with Gasteiger partial charge < -0.3 is 21.5 Å². The number of amides is 1. The number of nitriles is 1. The number of primary amides is 1. The van der Waals surface area contributed by atoms with Gasteiger partial charge in [-0.25, -0.2) is 4.98 Å². The summed E-state index contributed by atoms with van der Waals surface area (Å²) in [6.45, 7) is 1.90. The monoisotopic (exact) mass is 428 g/mol. The van der Waals surface area contributed by atoms with Crippen molar-refractivity contribution in [3.63, 3.8) is 0 Å². The number of piperidine rings is 1. The van der Waals surface area contributed by atoms with E-state index < -0.39 is 17.4 Å². The molecule has 0 bridgehead atoms. The van der Waals surface area contributed by atoms with Gasteiger partial charge >= 0.3 is 0 Å². The molecule has 1 aliphatic rings. The predicted octanol–water partition coefficient (Wildman–Crippen LogP) is 1.58. The number of rotatable bonds is 8. The number of pyridine rings is 1. The molecule has 0 aliphatic carbocycles. The lowest BCUT2D eigenvalue weighted by molar-refractivity contribution is 0.0996. The molecular formula is C20H25FN8O2. The third-order valence-electron chi connectivity index (χ3n) is 5.52. The Labute approximate surface area is 179 Å². The van der Waals surface area contributed by atoms with Crippen molar-refractivity contribution in [2.75, 3.05) is 32.0 Å². The van der Waals surface area contributed by atoms with Crippen LogP contribution in [0.1, 0.15) is 29.6 Å². The number of likely N-dealkylation sites (tertiary alicyclic amines) is 1. The van der Waals surface area contributed by atoms with E-state index in [4.69, 9.17) is 5.73 Å². The van der Waals surface area contributed by atoms with E-state index in [1.54, 1.807) is 24.0 Å². The number of nitrogens with two attached hydrogens (primary N) is 1. The zero-order valence-corrected chi connectivity index (χ0v) is 17.2. The van der Waals surface area contributed by atoms with Gasteiger partial charge in [0.05, 0.1) is 30.0 Å². The Bertz CT molecular complexity index is 1000. The van der Waals surface area contributed by atoms with Gasteiger partial charge in [-0.15, -0.1) is 0 Å². The molecule has 0 spiro atoms. The molecule has 0 atom stereocenters. The van der Waals surface area contributed by atoms with E-state index >= 15 is 0 Å². The highest BCUT2D eigenvalue weighted by atomic mass is 19.1. The lowest BCUT2D eigenvalue weighted by Crippen LogP contribution is -2.47. The summed E-state index contributed by atoms with van der Waals surface area (Å²) < 4.78 is 15.1. The molecule has 0 radical (unpaired) electrons. The van der Waals surface area contributed by atoms with Crippen LogP contribution < -0.4 is 16.4 Å². The molecular weight excluding hydrogens is 403 g/mol. The fraction of sp³-hybridized carbons (Fsp3) is 0.400. The molecule has 164 valence electrons. The van der Waals surface area contributed by atoms with Gasteiger partial charge in [-0.05, 0) is 18.9 Å². The highest BCUT2D eigenvalue weighted by molar-refractivity contribution is 5.98. The maximum Gasteiger partial charge on any atom is 0.254 e. The largest absolute Gasteiger partial charge is 0.514 e. The topological polar surface area (TPSA) is 145 Å². The molecule has 10 nitrogen and oxygen atoms in total. The van der Waals surface area contributed by atoms with Crippen molar-refractivity contribution in [1.82, 2.24) is 25.0 Å². The Balaban J connectivity index is 1.86. The quantitative estimate of drug-likeness (QED) is 0.366. The van der Waals surface area contributed by atoms with Gasteiger partial charge in [0.1, 0.15) is 5.56 Å². The summed E-state index contributed by atoms with van der Waals surface area (Å²) in [5.74, 6) is -1.16. The van der Waals surface area contributed by atoms with Gasteiger partial charge in [-0.2, -0.15) is 14.8 Å². The highest BCUT2D eigenvalue weighted by Gasteiger charge is 2.38. The van der Waals surface area contributed by atoms with Crippen molar-refractivity contribution in [2.24, 2.45) is 5.73 Å². The molecule has 0 unspecified atom stereocenters. The molecule has 0 saturated carbocycles. The van der Waals surface area contributed by atoms with Crippen molar-refractivity contribution in [1.29, 1.82) is 5.26 Å². The number of carbonyl (C=O) groups is 1. The normalized spacial score (nSPS) is 16.5. The molecule has 0 aromatic carbocycles. The first-order valence-electron chi connectivity index (χ1n) is 9.79. The van der Waals surface area contributed by atoms with Crippen LogP contribution in [0.5, 0.6) is 0 Å². The van der Waals surface area contributed by atoms with Crippen molar-refractivity contribution in [2.45, 2.75) is 24.8 Å². The molecule has 5 N–H and O–H groups in total. The molecule has 1 saturated heterocycles. The van der Waals surface area contributed by atoms with E-state index in [1.165, 1.54) is 12.3 Å². The van der Waals surface area contributed by atoms with Gasteiger partial charge in [-0.1, -0.05) is 0 Å². The first-order valence-corrected chi connectivity index (χ1v) is 9.79. The number of carbonyl (C=O) groups excluding carboxylic acids is 1. The van der Waals surface area contributed by atoms with Crippen molar-refractivity contribution < 1.29 is 14.3 Å². The number of nitrogens with one attached hydrogen (secondary N) is 2. The highest BCUT2D eigenvalue weighted by Crippen LogP contribution is 2.35. The molecule has 1 amide bonds. The maximum atomic E-state index is 13.4. The van der Waals surface area contributed by atoms with Crippen LogP contribution in [0.15, 0.2) is 36.5 Å². The van der Waals surface area contributed by atoms with Gasteiger partial charge in [-0.3, -0.25) is 14.4 Å². The smallest absolute Gasteiger partial charge is 0.254 e. The summed E-state index contributed by atoms with van der Waals surface area (Å²) in [6.07, 6.45) is 5.33. The molecule has 2 aromatic rings. The standard InChI is InChI=1S/C20H25FN8O2/c1-24-15(13-30)11-28-8-4-20(3-6-22,5-9-28)29-12-16(18(23)31)19(27-29)26-14-2-7-25-17(21)10-14/h2,7,10,12-13,24,30H,3-5,8-9,11H2,1H3,(H2,23,31)(H,25,26,27)/b15-13-. The fourth-order valence-electron chi connectivity index (χ4n) is 3.69. The summed E-state index contributed by atoms with van der Waals surface area (Å²) in [7, 11) is 1.74. The average molecular weight is 428 g/mol. The van der Waals surface area contributed by atoms with Gasteiger partial charge in [0.25, 0.3) is 5.91 Å². The number of aliphatic hydroxyl groups is 1. The van der Waals surface area contributed by atoms with Crippen LogP contribution in [0.3, 0.4) is 0 Å². The van der Waals surface area contributed by atoms with Crippen LogP contribution in [0, 0.1) is 17.3 Å². The van der Waals surface area contributed by atoms with E-state index in [-0.39, 0.29) is 17.8 Å². The minimum absolute atomic E-state index is 0.151. The molecule has 11 heteroatoms. The van der Waals surface area contributed by atoms with E-state index in [0.717, 1.165) is 6.26 Å². The van der Waals surface area contributed by atoms with Gasteiger partial charge in [0.2, 0.25) is 5.95 Å². The van der Waals surface area contributed by atoms with Crippen LogP contribution in [0.4, 0.5) is 15.9 Å². The van der Waals surface area contributed by atoms with Crippen molar-refractivity contribution >= 4 is 17.4 Å². The molecule has 3 rings (SSSR count). The molecule has 2 aromatic heterocycles. The first-order chi connectivity index (χ1) is 14.9. The van der Waals surface area contributed by atoms with Gasteiger partial charge in [0, 0.05) is 50.8 Å². The second-order valence-corrected chi connectivity index (χ2v) is 7.43. The van der Waals surface area contributed by atoms with Crippen LogP contribution in [0.2, 0.25) is 0 Å². The number of halogens is 1. The van der Waals surface area contributed by atoms with E-state index in [0.29, 0.717) is 43.9 Å². The lowest BCUT2D eigenvalue weighted by Gasteiger charge is -2.40. The number of hydrogen-bond acceptors (Lipinski definition) is 8. The number of hydrogen-bond donors (Lipinski definition) is 4. The second kappa shape index (κ2) is 9.44. The minimum atomic E-state index is -0.681. The van der Waals surface area contributed by atoms with Crippen LogP contribution in [0.25, 0.3) is 0 Å². The molecule has 1 fully saturated rings. The van der Waals surface area contributed by atoms with Crippen LogP contribution in [-0.4, -0.2) is 57.4 Å². The fourth-order valence-corrected chi connectivity index (χ4v) is 3.69. The number of anilines is 2. The summed E-state index contributed by atoms with van der Waals surface area (Å²) >= 11 is 0. The summed E-state index contributed by atoms with van der Waals surface area (Å²) in [6, 6.07) is 4.96. The lowest BCUT2D eigenvalue weighted by atomic mass is 9.85. The Morgan fingerprint density at radius 1 is 1.48 bits per heavy atom. The summed E-state index contributed by atoms with van der Waals surface area (Å²) in [5, 5.41) is 29.1. The molecule has 1 aliphatic heterocycles. The first kappa shape index (κ1) is 22.0. The Kier molecular flexibility index (Phi) is 6.71. The van der Waals surface area contributed by atoms with Crippen molar-refractivity contribution in [3.05, 3.63) is 48.0 Å². The van der Waals surface area contributed by atoms with E-state index in [9.17, 15) is 19.6 Å². The van der Waals surface area contributed by atoms with E-state index in [1.807, 2.05) is 0 Å². The third-order valence-corrected chi connectivity index (χ3v) is 5.52. The maximum absolute atomic E-state index is 13.4. The SMILES string of the molecule is CN/C(=C\O)CN1CCC(CC#N)(n2cc(C(N)=O)c(Nc3ccnc(F)c3)n2)CC1. The summed E-state index contributed by atoms with van der Waals surface area (Å²) in [4.78, 5) is 17.7. The number of likely N-dealkylation sites (N-methyl/N-ethyl adjacent to an activating group) is 1. The predicted molar refractivity (Wildman–Crippen MR) is 112 cm³/mol. The van der Waals surface area contributed by atoms with Crippen LogP contribution >= 0.6 is 0 Å². The zero-order chi connectivity index (χ0) is 22.4. The number of aromatic nitrogens is 3. The second-order valence-electron chi connectivity index (χ2n) is 7.43. The number of nitrogens with zero attached hydrogens (tertiary/aromatic N) is 5. The molecule has 3 heterocycles. The van der Waals surface area contributed by atoms with Crippen molar-refractivity contribution in [3.8, 4) is 6.07 Å². The number of aliphatic hydroxyl groups excluding tert-OH is 1. The Morgan fingerprint density at radius 2 is 2.23 bits per heavy atom. The minimum Gasteiger partial charge on any atom is -0.514 e. The molecule has 31 heavy (non-hydrogen) atoms. The summed E-state index contributed by atoms with van der Waals surface area (Å²) in [5.41, 5.74) is 6.15. The van der Waals surface area contributed by atoms with Gasteiger partial charge in [0.15, 0.2) is 5.82 Å². The Morgan fingerprint density at radius 3 is 2.81 bits per heavy atom. The Hall–Kier alpha value is -3.65. The van der Waals surface area contributed by atoms with Crippen LogP contribution in [-0.2, 0) is 5.54 Å². The van der Waals surface area contributed by atoms with E-state index in [2.05, 4.69) is 31.7 Å². The zero-order valence-electron chi connectivity index (χ0n) is 17.2. The average Bonchev–Trinajstić information content (AvgIpc) is 3.18. The third kappa shape index (κ3) is 4.92.